The second-order valence-electron chi connectivity index (χ2n) is 4.72. The highest BCUT2D eigenvalue weighted by Gasteiger charge is 2.30. The van der Waals surface area contributed by atoms with E-state index in [1.807, 2.05) is 6.26 Å². The molecule has 1 amide bonds. The molecule has 24 heavy (non-hydrogen) atoms. The molecule has 0 radical (unpaired) electrons. The van der Waals surface area contributed by atoms with Crippen molar-refractivity contribution in [2.75, 3.05) is 11.6 Å². The molecule has 0 bridgehead atoms. The molecule has 2 rings (SSSR count). The zero-order valence-electron chi connectivity index (χ0n) is 12.8. The van der Waals surface area contributed by atoms with Gasteiger partial charge in [0.15, 0.2) is 0 Å². The second kappa shape index (κ2) is 7.93. The molecule has 1 aromatic heterocycles. The number of carbonyl (C=O) groups excluding carboxylic acids is 1. The second-order valence-corrected chi connectivity index (χ2v) is 6.88. The number of alkyl halides is 3. The van der Waals surface area contributed by atoms with Gasteiger partial charge in [0.1, 0.15) is 0 Å². The molecule has 10 heteroatoms. The fraction of sp³-hybridized carbons (Fsp3) is 0.357. The van der Waals surface area contributed by atoms with E-state index in [1.54, 1.807) is 6.92 Å². The minimum atomic E-state index is -4.40. The number of hydrogen-bond donors (Lipinski definition) is 1. The molecule has 0 spiro atoms. The van der Waals surface area contributed by atoms with Crippen molar-refractivity contribution in [2.24, 2.45) is 0 Å². The van der Waals surface area contributed by atoms with Crippen LogP contribution in [-0.4, -0.2) is 27.6 Å². The molecule has 0 aliphatic carbocycles. The third kappa shape index (κ3) is 5.17. The predicted octanol–water partition coefficient (Wildman–Crippen LogP) is 4.07. The van der Waals surface area contributed by atoms with Gasteiger partial charge in [-0.2, -0.15) is 24.9 Å². The van der Waals surface area contributed by atoms with Crippen LogP contribution in [0.2, 0.25) is 0 Å². The summed E-state index contributed by atoms with van der Waals surface area (Å²) >= 11 is 2.62. The van der Waals surface area contributed by atoms with Crippen molar-refractivity contribution < 1.29 is 22.4 Å². The van der Waals surface area contributed by atoms with Crippen LogP contribution in [0.15, 0.2) is 33.9 Å². The minimum absolute atomic E-state index is 0.272. The van der Waals surface area contributed by atoms with Gasteiger partial charge < -0.3 is 9.73 Å². The van der Waals surface area contributed by atoms with Gasteiger partial charge in [-0.05, 0) is 37.4 Å². The molecule has 0 fully saturated rings. The summed E-state index contributed by atoms with van der Waals surface area (Å²) in [7, 11) is 0. The van der Waals surface area contributed by atoms with E-state index in [-0.39, 0.29) is 16.8 Å². The van der Waals surface area contributed by atoms with Gasteiger partial charge >= 0.3 is 6.18 Å². The van der Waals surface area contributed by atoms with Crippen LogP contribution >= 0.6 is 23.5 Å². The Morgan fingerprint density at radius 2 is 1.96 bits per heavy atom. The Hall–Kier alpha value is -1.68. The zero-order chi connectivity index (χ0) is 17.7. The van der Waals surface area contributed by atoms with Crippen molar-refractivity contribution in [1.29, 1.82) is 0 Å². The SMILES string of the molecule is CSCc1nnc(SC(C)C(=O)Nc2ccc(C(F)(F)F)cc2)o1. The lowest BCUT2D eigenvalue weighted by atomic mass is 10.2. The minimum Gasteiger partial charge on any atom is -0.415 e. The summed E-state index contributed by atoms with van der Waals surface area (Å²) in [5, 5.41) is 9.95. The molecule has 1 heterocycles. The van der Waals surface area contributed by atoms with Gasteiger partial charge in [-0.15, -0.1) is 10.2 Å². The molecular weight excluding hydrogens is 363 g/mol. The summed E-state index contributed by atoms with van der Waals surface area (Å²) < 4.78 is 42.8. The normalized spacial score (nSPS) is 12.9. The monoisotopic (exact) mass is 377 g/mol. The maximum absolute atomic E-state index is 12.5. The summed E-state index contributed by atoms with van der Waals surface area (Å²) in [4.78, 5) is 12.1. The molecule has 130 valence electrons. The van der Waals surface area contributed by atoms with Crippen LogP contribution in [0.1, 0.15) is 18.4 Å². The average Bonchev–Trinajstić information content (AvgIpc) is 2.94. The lowest BCUT2D eigenvalue weighted by Gasteiger charge is -2.11. The largest absolute Gasteiger partial charge is 0.416 e. The van der Waals surface area contributed by atoms with Crippen LogP contribution in [0.3, 0.4) is 0 Å². The van der Waals surface area contributed by atoms with Crippen LogP contribution in [-0.2, 0) is 16.7 Å². The Kier molecular flexibility index (Phi) is 6.16. The Morgan fingerprint density at radius 1 is 1.29 bits per heavy atom. The summed E-state index contributed by atoms with van der Waals surface area (Å²) in [5.41, 5.74) is -0.482. The number of anilines is 1. The number of halogens is 3. The molecule has 0 saturated heterocycles. The van der Waals surface area contributed by atoms with E-state index in [4.69, 9.17) is 4.42 Å². The summed E-state index contributed by atoms with van der Waals surface area (Å²) in [6.07, 6.45) is -2.50. The Balaban J connectivity index is 1.93. The Labute approximate surface area is 144 Å². The quantitative estimate of drug-likeness (QED) is 0.766. The lowest BCUT2D eigenvalue weighted by Crippen LogP contribution is -2.22. The first-order valence-electron chi connectivity index (χ1n) is 6.75. The third-order valence-electron chi connectivity index (χ3n) is 2.84. The van der Waals surface area contributed by atoms with E-state index in [0.717, 1.165) is 23.9 Å². The highest BCUT2D eigenvalue weighted by Crippen LogP contribution is 2.30. The molecule has 0 saturated carbocycles. The molecule has 1 aromatic carbocycles. The predicted molar refractivity (Wildman–Crippen MR) is 86.9 cm³/mol. The Morgan fingerprint density at radius 3 is 2.54 bits per heavy atom. The lowest BCUT2D eigenvalue weighted by molar-refractivity contribution is -0.137. The van der Waals surface area contributed by atoms with Gasteiger partial charge in [0.25, 0.3) is 5.22 Å². The molecule has 1 unspecified atom stereocenters. The smallest absolute Gasteiger partial charge is 0.415 e. The number of rotatable bonds is 6. The average molecular weight is 377 g/mol. The summed E-state index contributed by atoms with van der Waals surface area (Å²) in [6.45, 7) is 1.64. The molecule has 0 aliphatic rings. The topological polar surface area (TPSA) is 68.0 Å². The number of hydrogen-bond acceptors (Lipinski definition) is 6. The van der Waals surface area contributed by atoms with E-state index in [9.17, 15) is 18.0 Å². The molecule has 0 aliphatic heterocycles. The molecule has 1 N–H and O–H groups in total. The molecule has 1 atom stereocenters. The fourth-order valence-electron chi connectivity index (χ4n) is 1.66. The standard InChI is InChI=1S/C14H14F3N3O2S2/c1-8(24-13-20-19-11(22-13)7-23-2)12(21)18-10-5-3-9(4-6-10)14(15,16)17/h3-6,8H,7H2,1-2H3,(H,18,21). The number of aromatic nitrogens is 2. The van der Waals surface area contributed by atoms with Crippen molar-refractivity contribution in [1.82, 2.24) is 10.2 Å². The maximum atomic E-state index is 12.5. The maximum Gasteiger partial charge on any atom is 0.416 e. The van der Waals surface area contributed by atoms with Crippen LogP contribution in [0.4, 0.5) is 18.9 Å². The summed E-state index contributed by atoms with van der Waals surface area (Å²) in [6, 6.07) is 4.25. The first kappa shape index (κ1) is 18.7. The van der Waals surface area contributed by atoms with Crippen LogP contribution in [0.25, 0.3) is 0 Å². The van der Waals surface area contributed by atoms with Crippen molar-refractivity contribution in [2.45, 2.75) is 29.3 Å². The van der Waals surface area contributed by atoms with Gasteiger partial charge in [0.2, 0.25) is 11.8 Å². The summed E-state index contributed by atoms with van der Waals surface area (Å²) in [5.74, 6) is 0.685. The van der Waals surface area contributed by atoms with E-state index >= 15 is 0 Å². The number of nitrogens with zero attached hydrogens (tertiary/aromatic N) is 2. The van der Waals surface area contributed by atoms with Gasteiger partial charge in [-0.3, -0.25) is 4.79 Å². The van der Waals surface area contributed by atoms with E-state index in [1.165, 1.54) is 23.9 Å². The van der Waals surface area contributed by atoms with Gasteiger partial charge in [-0.1, -0.05) is 11.8 Å². The van der Waals surface area contributed by atoms with E-state index < -0.39 is 17.0 Å². The molecule has 5 nitrogen and oxygen atoms in total. The van der Waals surface area contributed by atoms with Gasteiger partial charge in [-0.25, -0.2) is 0 Å². The van der Waals surface area contributed by atoms with Crippen LogP contribution in [0, 0.1) is 0 Å². The highest BCUT2D eigenvalue weighted by molar-refractivity contribution is 8.00. The van der Waals surface area contributed by atoms with Crippen LogP contribution < -0.4 is 5.32 Å². The number of amides is 1. The number of nitrogens with one attached hydrogen (secondary N) is 1. The van der Waals surface area contributed by atoms with E-state index in [0.29, 0.717) is 11.6 Å². The van der Waals surface area contributed by atoms with Crippen LogP contribution in [0.5, 0.6) is 0 Å². The number of carbonyl (C=O) groups is 1. The first-order chi connectivity index (χ1) is 11.3. The van der Waals surface area contributed by atoms with Crippen molar-refractivity contribution in [3.63, 3.8) is 0 Å². The Bertz CT molecular complexity index is 689. The molecule has 2 aromatic rings. The van der Waals surface area contributed by atoms with Crippen molar-refractivity contribution in [3.05, 3.63) is 35.7 Å². The first-order valence-corrected chi connectivity index (χ1v) is 9.03. The molecular formula is C14H14F3N3O2S2. The van der Waals surface area contributed by atoms with E-state index in [2.05, 4.69) is 15.5 Å². The van der Waals surface area contributed by atoms with Crippen molar-refractivity contribution >= 4 is 35.1 Å². The fourth-order valence-corrected chi connectivity index (χ4v) is 2.72. The van der Waals surface area contributed by atoms with Gasteiger partial charge in [0, 0.05) is 5.69 Å². The zero-order valence-corrected chi connectivity index (χ0v) is 14.4. The van der Waals surface area contributed by atoms with Gasteiger partial charge in [0.05, 0.1) is 16.6 Å². The third-order valence-corrected chi connectivity index (χ3v) is 4.31. The number of benzene rings is 1. The van der Waals surface area contributed by atoms with Crippen molar-refractivity contribution in [3.8, 4) is 0 Å². The number of thioether (sulfide) groups is 2. The highest BCUT2D eigenvalue weighted by atomic mass is 32.2.